The fourth-order valence-corrected chi connectivity index (χ4v) is 4.34. The van der Waals surface area contributed by atoms with Crippen LogP contribution >= 0.6 is 0 Å². The minimum Gasteiger partial charge on any atom is -0.305 e. The monoisotopic (exact) mass is 398 g/mol. The highest BCUT2D eigenvalue weighted by Crippen LogP contribution is 2.42. The van der Waals surface area contributed by atoms with Crippen molar-refractivity contribution in [2.24, 2.45) is 0 Å². The van der Waals surface area contributed by atoms with E-state index in [4.69, 9.17) is 0 Å². The van der Waals surface area contributed by atoms with Gasteiger partial charge < -0.3 is 9.80 Å². The lowest BCUT2D eigenvalue weighted by Gasteiger charge is -2.43. The van der Waals surface area contributed by atoms with Crippen LogP contribution in [-0.2, 0) is 4.79 Å². The maximum atomic E-state index is 13.3. The first-order valence-electron chi connectivity index (χ1n) is 10.3. The summed E-state index contributed by atoms with van der Waals surface area (Å²) in [6.07, 6.45) is 0.670. The molecule has 0 fully saturated rings. The summed E-state index contributed by atoms with van der Waals surface area (Å²) in [5, 5.41) is 0. The SMILES string of the molecule is CC(=O)N(c1ccc(C)cc1)[C@H]1C[C@H](C)N(C(=O)c2ccccc2)c2ccccc21. The van der Waals surface area contributed by atoms with Crippen LogP contribution in [0.25, 0.3) is 0 Å². The first-order valence-corrected chi connectivity index (χ1v) is 10.3. The highest BCUT2D eigenvalue weighted by atomic mass is 16.2. The molecular weight excluding hydrogens is 372 g/mol. The summed E-state index contributed by atoms with van der Waals surface area (Å²) in [6.45, 7) is 5.69. The summed E-state index contributed by atoms with van der Waals surface area (Å²) < 4.78 is 0. The number of benzene rings is 3. The second kappa shape index (κ2) is 8.15. The van der Waals surface area contributed by atoms with Crippen LogP contribution in [0.15, 0.2) is 78.9 Å². The van der Waals surface area contributed by atoms with E-state index in [1.54, 1.807) is 6.92 Å². The minimum atomic E-state index is -0.128. The van der Waals surface area contributed by atoms with Crippen LogP contribution in [0.2, 0.25) is 0 Å². The number of anilines is 2. The number of hydrogen-bond donors (Lipinski definition) is 0. The molecule has 0 aliphatic carbocycles. The highest BCUT2D eigenvalue weighted by Gasteiger charge is 2.37. The molecule has 4 rings (SSSR count). The zero-order chi connectivity index (χ0) is 21.3. The third-order valence-electron chi connectivity index (χ3n) is 5.76. The predicted octanol–water partition coefficient (Wildman–Crippen LogP) is 5.53. The zero-order valence-corrected chi connectivity index (χ0v) is 17.6. The molecule has 152 valence electrons. The summed E-state index contributed by atoms with van der Waals surface area (Å²) in [7, 11) is 0. The Morgan fingerprint density at radius 3 is 2.20 bits per heavy atom. The van der Waals surface area contributed by atoms with Gasteiger partial charge in [-0.15, -0.1) is 0 Å². The largest absolute Gasteiger partial charge is 0.305 e. The van der Waals surface area contributed by atoms with Crippen LogP contribution in [0.5, 0.6) is 0 Å². The quantitative estimate of drug-likeness (QED) is 0.582. The lowest BCUT2D eigenvalue weighted by atomic mass is 9.89. The average molecular weight is 399 g/mol. The van der Waals surface area contributed by atoms with E-state index in [1.807, 2.05) is 95.6 Å². The van der Waals surface area contributed by atoms with Crippen LogP contribution in [0, 0.1) is 6.92 Å². The van der Waals surface area contributed by atoms with Crippen molar-refractivity contribution in [3.8, 4) is 0 Å². The molecule has 0 unspecified atom stereocenters. The second-order valence-corrected chi connectivity index (χ2v) is 7.93. The van der Waals surface area contributed by atoms with Gasteiger partial charge in [0, 0.05) is 29.9 Å². The van der Waals surface area contributed by atoms with Crippen LogP contribution in [-0.4, -0.2) is 17.9 Å². The van der Waals surface area contributed by atoms with E-state index in [9.17, 15) is 9.59 Å². The molecule has 0 N–H and O–H groups in total. The molecular formula is C26H26N2O2. The Morgan fingerprint density at radius 1 is 0.900 bits per heavy atom. The molecule has 0 saturated carbocycles. The Balaban J connectivity index is 1.78. The number of carbonyl (C=O) groups is 2. The summed E-state index contributed by atoms with van der Waals surface area (Å²) in [5.41, 5.74) is 4.56. The Morgan fingerprint density at radius 2 is 1.53 bits per heavy atom. The average Bonchev–Trinajstić information content (AvgIpc) is 2.75. The van der Waals surface area contributed by atoms with E-state index in [0.717, 1.165) is 22.5 Å². The predicted molar refractivity (Wildman–Crippen MR) is 121 cm³/mol. The van der Waals surface area contributed by atoms with Crippen molar-refractivity contribution in [3.63, 3.8) is 0 Å². The number of amides is 2. The third-order valence-corrected chi connectivity index (χ3v) is 5.76. The van der Waals surface area contributed by atoms with E-state index in [1.165, 1.54) is 0 Å². The van der Waals surface area contributed by atoms with Gasteiger partial charge in [0.05, 0.1) is 6.04 Å². The van der Waals surface area contributed by atoms with Gasteiger partial charge in [-0.25, -0.2) is 0 Å². The number of aryl methyl sites for hydroxylation is 1. The van der Waals surface area contributed by atoms with E-state index < -0.39 is 0 Å². The Labute approximate surface area is 177 Å². The fraction of sp³-hybridized carbons (Fsp3) is 0.231. The van der Waals surface area contributed by atoms with E-state index in [2.05, 4.69) is 6.92 Å². The summed E-state index contributed by atoms with van der Waals surface area (Å²) in [4.78, 5) is 29.8. The minimum absolute atomic E-state index is 0.00584. The summed E-state index contributed by atoms with van der Waals surface area (Å²) in [5.74, 6) is -0.0209. The van der Waals surface area contributed by atoms with Crippen molar-refractivity contribution in [2.75, 3.05) is 9.80 Å². The number of hydrogen-bond acceptors (Lipinski definition) is 2. The van der Waals surface area contributed by atoms with Crippen LogP contribution in [0.3, 0.4) is 0 Å². The number of rotatable bonds is 3. The van der Waals surface area contributed by atoms with Gasteiger partial charge in [0.1, 0.15) is 0 Å². The molecule has 3 aromatic carbocycles. The smallest absolute Gasteiger partial charge is 0.258 e. The van der Waals surface area contributed by atoms with Crippen molar-refractivity contribution in [1.82, 2.24) is 0 Å². The summed E-state index contributed by atoms with van der Waals surface area (Å²) in [6, 6.07) is 25.1. The first-order chi connectivity index (χ1) is 14.5. The Kier molecular flexibility index (Phi) is 5.40. The number of fused-ring (bicyclic) bond motifs is 1. The highest BCUT2D eigenvalue weighted by molar-refractivity contribution is 6.07. The lowest BCUT2D eigenvalue weighted by molar-refractivity contribution is -0.117. The molecule has 4 nitrogen and oxygen atoms in total. The molecule has 3 aromatic rings. The molecule has 1 aliphatic rings. The Bertz CT molecular complexity index is 1060. The molecule has 30 heavy (non-hydrogen) atoms. The number of nitrogens with zero attached hydrogens (tertiary/aromatic N) is 2. The third kappa shape index (κ3) is 3.61. The topological polar surface area (TPSA) is 40.6 Å². The molecule has 2 atom stereocenters. The van der Waals surface area contributed by atoms with E-state index >= 15 is 0 Å². The van der Waals surface area contributed by atoms with Crippen LogP contribution in [0.4, 0.5) is 11.4 Å². The summed E-state index contributed by atoms with van der Waals surface area (Å²) >= 11 is 0. The van der Waals surface area contributed by atoms with Crippen molar-refractivity contribution >= 4 is 23.2 Å². The standard InChI is InChI=1S/C26H26N2O2/c1-18-13-15-22(16-14-18)28(20(3)29)25-17-19(2)27(24-12-8-7-11-23(24)25)26(30)21-9-5-4-6-10-21/h4-16,19,25H,17H2,1-3H3/t19-,25-/m0/s1. The van der Waals surface area contributed by atoms with Crippen molar-refractivity contribution in [2.45, 2.75) is 39.3 Å². The molecule has 4 heteroatoms. The normalized spacial score (nSPS) is 17.9. The van der Waals surface area contributed by atoms with Crippen LogP contribution in [0.1, 0.15) is 47.8 Å². The second-order valence-electron chi connectivity index (χ2n) is 7.93. The zero-order valence-electron chi connectivity index (χ0n) is 17.6. The van der Waals surface area contributed by atoms with Crippen molar-refractivity contribution in [3.05, 3.63) is 95.6 Å². The molecule has 1 heterocycles. The van der Waals surface area contributed by atoms with Crippen molar-refractivity contribution in [1.29, 1.82) is 0 Å². The van der Waals surface area contributed by atoms with Gasteiger partial charge >= 0.3 is 0 Å². The molecule has 0 radical (unpaired) electrons. The van der Waals surface area contributed by atoms with Gasteiger partial charge in [-0.2, -0.15) is 0 Å². The number of para-hydroxylation sites is 1. The molecule has 2 amide bonds. The number of carbonyl (C=O) groups excluding carboxylic acids is 2. The van der Waals surface area contributed by atoms with E-state index in [0.29, 0.717) is 12.0 Å². The maximum Gasteiger partial charge on any atom is 0.258 e. The maximum absolute atomic E-state index is 13.3. The molecule has 1 aliphatic heterocycles. The van der Waals surface area contributed by atoms with Crippen LogP contribution < -0.4 is 9.80 Å². The molecule has 0 spiro atoms. The van der Waals surface area contributed by atoms with Gasteiger partial charge in [0.15, 0.2) is 0 Å². The molecule has 0 saturated heterocycles. The van der Waals surface area contributed by atoms with Gasteiger partial charge in [0.2, 0.25) is 5.91 Å². The molecule has 0 bridgehead atoms. The van der Waals surface area contributed by atoms with Gasteiger partial charge in [0.25, 0.3) is 5.91 Å². The van der Waals surface area contributed by atoms with E-state index in [-0.39, 0.29) is 23.9 Å². The fourth-order valence-electron chi connectivity index (χ4n) is 4.34. The molecule has 0 aromatic heterocycles. The lowest BCUT2D eigenvalue weighted by Crippen LogP contribution is -2.47. The van der Waals surface area contributed by atoms with Crippen molar-refractivity contribution < 1.29 is 9.59 Å². The van der Waals surface area contributed by atoms with Gasteiger partial charge in [-0.3, -0.25) is 9.59 Å². The Hall–Kier alpha value is -3.40. The first kappa shape index (κ1) is 19.9. The van der Waals surface area contributed by atoms with Gasteiger partial charge in [-0.05, 0) is 56.2 Å². The van der Waals surface area contributed by atoms with Gasteiger partial charge in [-0.1, -0.05) is 54.1 Å².